The number of anilines is 1. The number of nitrogens with zero attached hydrogens (tertiary/aromatic N) is 2. The molecule has 2 fully saturated rings. The molecule has 3 atom stereocenters. The maximum absolute atomic E-state index is 12.9. The Morgan fingerprint density at radius 1 is 1.15 bits per heavy atom. The molecule has 1 aliphatic heterocycles. The molecule has 0 aromatic heterocycles. The van der Waals surface area contributed by atoms with E-state index in [9.17, 15) is 9.90 Å². The van der Waals surface area contributed by atoms with E-state index >= 15 is 0 Å². The van der Waals surface area contributed by atoms with Crippen molar-refractivity contribution in [3.8, 4) is 0 Å². The molecular formula is C23H36N2O2. The number of aliphatic hydroxyl groups is 1. The minimum atomic E-state index is -0.608. The van der Waals surface area contributed by atoms with Crippen LogP contribution in [-0.4, -0.2) is 41.1 Å². The molecule has 1 saturated carbocycles. The summed E-state index contributed by atoms with van der Waals surface area (Å²) in [5.41, 5.74) is 1.80. The van der Waals surface area contributed by atoms with Gasteiger partial charge >= 0.3 is 0 Å². The van der Waals surface area contributed by atoms with Gasteiger partial charge in [0.25, 0.3) is 0 Å². The van der Waals surface area contributed by atoms with Gasteiger partial charge in [-0.3, -0.25) is 4.79 Å². The molecule has 4 nitrogen and oxygen atoms in total. The van der Waals surface area contributed by atoms with E-state index in [-0.39, 0.29) is 17.9 Å². The first kappa shape index (κ1) is 20.2. The van der Waals surface area contributed by atoms with Crippen LogP contribution in [0.4, 0.5) is 5.69 Å². The van der Waals surface area contributed by atoms with Crippen LogP contribution >= 0.6 is 0 Å². The van der Waals surface area contributed by atoms with Gasteiger partial charge in [-0.1, -0.05) is 31.9 Å². The summed E-state index contributed by atoms with van der Waals surface area (Å²) < 4.78 is 0. The first-order valence-corrected chi connectivity index (χ1v) is 10.9. The Morgan fingerprint density at radius 3 is 2.48 bits per heavy atom. The normalized spacial score (nSPS) is 27.9. The maximum atomic E-state index is 12.9. The van der Waals surface area contributed by atoms with Gasteiger partial charge in [-0.05, 0) is 57.2 Å². The Balaban J connectivity index is 1.93. The summed E-state index contributed by atoms with van der Waals surface area (Å²) in [7, 11) is 0. The number of hydrogen-bond acceptors (Lipinski definition) is 3. The van der Waals surface area contributed by atoms with Gasteiger partial charge in [-0.2, -0.15) is 0 Å². The Bertz CT molecular complexity index is 626. The van der Waals surface area contributed by atoms with Crippen molar-refractivity contribution in [3.05, 3.63) is 29.8 Å². The summed E-state index contributed by atoms with van der Waals surface area (Å²) in [6.07, 6.45) is 6.33. The summed E-state index contributed by atoms with van der Waals surface area (Å²) in [5.74, 6) is 0.392. The third kappa shape index (κ3) is 4.01. The van der Waals surface area contributed by atoms with Crippen LogP contribution in [0, 0.1) is 5.92 Å². The number of hydrogen-bond donors (Lipinski definition) is 1. The van der Waals surface area contributed by atoms with Gasteiger partial charge in [0, 0.05) is 37.7 Å². The first-order chi connectivity index (χ1) is 13.0. The van der Waals surface area contributed by atoms with E-state index in [0.717, 1.165) is 51.6 Å². The Kier molecular flexibility index (Phi) is 6.46. The highest BCUT2D eigenvalue weighted by Crippen LogP contribution is 2.49. The van der Waals surface area contributed by atoms with Crippen LogP contribution in [0.5, 0.6) is 0 Å². The molecule has 1 aromatic rings. The van der Waals surface area contributed by atoms with Crippen LogP contribution in [0.2, 0.25) is 0 Å². The average molecular weight is 373 g/mol. The molecular weight excluding hydrogens is 336 g/mol. The number of likely N-dealkylation sites (tertiary alicyclic amines) is 1. The summed E-state index contributed by atoms with van der Waals surface area (Å²) in [6.45, 7) is 9.06. The fourth-order valence-electron chi connectivity index (χ4n) is 5.20. The number of piperidine rings is 1. The minimum Gasteiger partial charge on any atom is -0.389 e. The van der Waals surface area contributed by atoms with Crippen LogP contribution in [-0.2, 0) is 4.79 Å². The molecule has 1 heterocycles. The van der Waals surface area contributed by atoms with Crippen LogP contribution in [0.3, 0.4) is 0 Å². The zero-order valence-corrected chi connectivity index (χ0v) is 17.3. The first-order valence-electron chi connectivity index (χ1n) is 10.9. The van der Waals surface area contributed by atoms with Crippen molar-refractivity contribution in [2.24, 2.45) is 5.92 Å². The molecule has 1 N–H and O–H groups in total. The summed E-state index contributed by atoms with van der Waals surface area (Å²) in [5, 5.41) is 11.3. The Labute approximate surface area is 164 Å². The smallest absolute Gasteiger partial charge is 0.223 e. The van der Waals surface area contributed by atoms with Crippen molar-refractivity contribution >= 4 is 11.6 Å². The van der Waals surface area contributed by atoms with E-state index in [0.29, 0.717) is 13.0 Å². The SMILES string of the molecule is CCCC(=O)N1CCC2(O)CCCCC2C1c1ccc(N(CC)CC)cc1. The predicted molar refractivity (Wildman–Crippen MR) is 111 cm³/mol. The summed E-state index contributed by atoms with van der Waals surface area (Å²) in [6, 6.07) is 8.74. The lowest BCUT2D eigenvalue weighted by molar-refractivity contribution is -0.155. The van der Waals surface area contributed by atoms with E-state index in [1.54, 1.807) is 0 Å². The third-order valence-electron chi connectivity index (χ3n) is 6.71. The van der Waals surface area contributed by atoms with E-state index in [4.69, 9.17) is 0 Å². The number of carbonyl (C=O) groups excluding carboxylic acids is 1. The van der Waals surface area contributed by atoms with Crippen molar-refractivity contribution < 1.29 is 9.90 Å². The number of rotatable bonds is 6. The zero-order chi connectivity index (χ0) is 19.4. The molecule has 0 spiro atoms. The molecule has 0 radical (unpaired) electrons. The standard InChI is InChI=1S/C23H36N2O2/c1-4-9-21(26)25-17-16-23(27)15-8-7-10-20(23)22(25)18-11-13-19(14-12-18)24(5-2)6-3/h11-14,20,22,27H,4-10,15-17H2,1-3H3. The van der Waals surface area contributed by atoms with E-state index in [1.807, 2.05) is 0 Å². The second-order valence-corrected chi connectivity index (χ2v) is 8.25. The minimum absolute atomic E-state index is 0.00820. The molecule has 150 valence electrons. The van der Waals surface area contributed by atoms with Crippen molar-refractivity contribution in [1.29, 1.82) is 0 Å². The van der Waals surface area contributed by atoms with E-state index in [1.165, 1.54) is 11.3 Å². The predicted octanol–water partition coefficient (Wildman–Crippen LogP) is 4.53. The van der Waals surface area contributed by atoms with E-state index < -0.39 is 5.60 Å². The van der Waals surface area contributed by atoms with Crippen molar-refractivity contribution in [1.82, 2.24) is 4.90 Å². The fraction of sp³-hybridized carbons (Fsp3) is 0.696. The van der Waals surface area contributed by atoms with Crippen molar-refractivity contribution in [3.63, 3.8) is 0 Å². The molecule has 1 aromatic carbocycles. The highest BCUT2D eigenvalue weighted by atomic mass is 16.3. The lowest BCUT2D eigenvalue weighted by atomic mass is 9.66. The quantitative estimate of drug-likeness (QED) is 0.798. The molecule has 1 aliphatic carbocycles. The molecule has 1 amide bonds. The second-order valence-electron chi connectivity index (χ2n) is 8.25. The van der Waals surface area contributed by atoms with Crippen LogP contribution in [0.15, 0.2) is 24.3 Å². The molecule has 2 aliphatic rings. The van der Waals surface area contributed by atoms with Crippen molar-refractivity contribution in [2.75, 3.05) is 24.5 Å². The molecule has 4 heteroatoms. The summed E-state index contributed by atoms with van der Waals surface area (Å²) >= 11 is 0. The van der Waals surface area contributed by atoms with E-state index in [2.05, 4.69) is 54.8 Å². The van der Waals surface area contributed by atoms with Gasteiger partial charge in [0.15, 0.2) is 0 Å². The van der Waals surface area contributed by atoms with Gasteiger partial charge in [0.1, 0.15) is 0 Å². The molecule has 27 heavy (non-hydrogen) atoms. The van der Waals surface area contributed by atoms with Crippen LogP contribution in [0.25, 0.3) is 0 Å². The summed E-state index contributed by atoms with van der Waals surface area (Å²) in [4.78, 5) is 17.3. The van der Waals surface area contributed by atoms with Crippen molar-refractivity contribution in [2.45, 2.75) is 77.4 Å². The second kappa shape index (κ2) is 8.64. The number of benzene rings is 1. The fourth-order valence-corrected chi connectivity index (χ4v) is 5.20. The van der Waals surface area contributed by atoms with Gasteiger partial charge in [0.05, 0.1) is 11.6 Å². The highest BCUT2D eigenvalue weighted by molar-refractivity contribution is 5.77. The largest absolute Gasteiger partial charge is 0.389 e. The molecule has 0 bridgehead atoms. The Morgan fingerprint density at radius 2 is 1.85 bits per heavy atom. The van der Waals surface area contributed by atoms with Crippen LogP contribution in [0.1, 0.15) is 77.3 Å². The monoisotopic (exact) mass is 372 g/mol. The lowest BCUT2D eigenvalue weighted by Crippen LogP contribution is -2.56. The highest BCUT2D eigenvalue weighted by Gasteiger charge is 2.49. The molecule has 3 unspecified atom stereocenters. The molecule has 1 saturated heterocycles. The average Bonchev–Trinajstić information content (AvgIpc) is 2.68. The lowest BCUT2D eigenvalue weighted by Gasteiger charge is -2.52. The van der Waals surface area contributed by atoms with Gasteiger partial charge in [-0.25, -0.2) is 0 Å². The number of fused-ring (bicyclic) bond motifs is 1. The number of carbonyl (C=O) groups is 1. The van der Waals surface area contributed by atoms with Crippen LogP contribution < -0.4 is 4.90 Å². The molecule has 3 rings (SSSR count). The maximum Gasteiger partial charge on any atom is 0.223 e. The van der Waals surface area contributed by atoms with Gasteiger partial charge in [0.2, 0.25) is 5.91 Å². The van der Waals surface area contributed by atoms with Gasteiger partial charge < -0.3 is 14.9 Å². The Hall–Kier alpha value is -1.55. The number of amides is 1. The topological polar surface area (TPSA) is 43.8 Å². The van der Waals surface area contributed by atoms with Gasteiger partial charge in [-0.15, -0.1) is 0 Å². The third-order valence-corrected chi connectivity index (χ3v) is 6.71. The zero-order valence-electron chi connectivity index (χ0n) is 17.3.